The summed E-state index contributed by atoms with van der Waals surface area (Å²) in [5.41, 5.74) is 4.55. The first kappa shape index (κ1) is 14.5. The molecule has 8 heteroatoms. The molecule has 1 aromatic carbocycles. The largest absolute Gasteiger partial charge is 0.416 e. The molecule has 0 radical (unpaired) electrons. The number of aliphatic imine (C=N–C) groups is 1. The molecule has 0 spiro atoms. The van der Waals surface area contributed by atoms with Gasteiger partial charge in [-0.15, -0.1) is 0 Å². The van der Waals surface area contributed by atoms with Crippen molar-refractivity contribution >= 4 is 45.8 Å². The first-order valence-corrected chi connectivity index (χ1v) is 6.18. The zero-order valence-corrected chi connectivity index (χ0v) is 10.8. The topological polar surface area (TPSA) is 38.4 Å². The first-order valence-electron chi connectivity index (χ1n) is 4.20. The highest BCUT2D eigenvalue weighted by Gasteiger charge is 2.32. The summed E-state index contributed by atoms with van der Waals surface area (Å²) in [4.78, 5) is 3.83. The maximum absolute atomic E-state index is 12.4. The Kier molecular flexibility index (Phi) is 4.57. The molecule has 0 aliphatic rings. The number of nitrogens with two attached hydrogens (primary N) is 1. The predicted octanol–water partition coefficient (Wildman–Crippen LogP) is 4.32. The van der Waals surface area contributed by atoms with Gasteiger partial charge in [0.15, 0.2) is 5.17 Å². The minimum Gasteiger partial charge on any atom is -0.378 e. The number of amidine groups is 1. The van der Waals surface area contributed by atoms with Gasteiger partial charge in [-0.3, -0.25) is 0 Å². The fraction of sp³-hybridized carbons (Fsp3) is 0.222. The normalized spacial score (nSPS) is 12.9. The number of halogens is 5. The van der Waals surface area contributed by atoms with Gasteiger partial charge >= 0.3 is 6.18 Å². The average Bonchev–Trinajstić information content (AvgIpc) is 2.21. The summed E-state index contributed by atoms with van der Waals surface area (Å²) in [7, 11) is 0. The van der Waals surface area contributed by atoms with Gasteiger partial charge in [0, 0.05) is 0 Å². The molecule has 0 fully saturated rings. The van der Waals surface area contributed by atoms with Gasteiger partial charge in [0.2, 0.25) is 0 Å². The average molecular weight is 303 g/mol. The van der Waals surface area contributed by atoms with Crippen LogP contribution in [0.1, 0.15) is 5.56 Å². The highest BCUT2D eigenvalue weighted by molar-refractivity contribution is 8.13. The number of thioether (sulfide) groups is 1. The highest BCUT2D eigenvalue weighted by atomic mass is 35.5. The maximum atomic E-state index is 12.4. The summed E-state index contributed by atoms with van der Waals surface area (Å²) in [5.74, 6) is 0. The van der Waals surface area contributed by atoms with Crippen LogP contribution in [0.15, 0.2) is 17.1 Å². The number of rotatable bonds is 1. The van der Waals surface area contributed by atoms with Crippen molar-refractivity contribution < 1.29 is 13.2 Å². The summed E-state index contributed by atoms with van der Waals surface area (Å²) in [6, 6.07) is 1.53. The van der Waals surface area contributed by atoms with Crippen molar-refractivity contribution in [1.82, 2.24) is 0 Å². The molecular formula is C9H7Cl2F3N2S. The van der Waals surface area contributed by atoms with Crippen LogP contribution in [-0.4, -0.2) is 11.4 Å². The van der Waals surface area contributed by atoms with E-state index in [4.69, 9.17) is 28.9 Å². The Labute approximate surface area is 110 Å². The SMILES string of the molecule is CSC(N)=Nc1c(Cl)cc(C(F)(F)F)cc1Cl. The molecule has 0 aliphatic heterocycles. The van der Waals surface area contributed by atoms with Crippen LogP contribution in [0.3, 0.4) is 0 Å². The van der Waals surface area contributed by atoms with Crippen molar-refractivity contribution in [2.24, 2.45) is 10.7 Å². The van der Waals surface area contributed by atoms with E-state index in [2.05, 4.69) is 4.99 Å². The van der Waals surface area contributed by atoms with E-state index in [9.17, 15) is 13.2 Å². The van der Waals surface area contributed by atoms with Crippen molar-refractivity contribution in [2.75, 3.05) is 6.26 Å². The van der Waals surface area contributed by atoms with E-state index in [1.165, 1.54) is 0 Å². The fourth-order valence-electron chi connectivity index (χ4n) is 0.992. The van der Waals surface area contributed by atoms with Crippen molar-refractivity contribution in [1.29, 1.82) is 0 Å². The molecule has 0 aromatic heterocycles. The number of hydrogen-bond donors (Lipinski definition) is 1. The number of nitrogens with zero attached hydrogens (tertiary/aromatic N) is 1. The summed E-state index contributed by atoms with van der Waals surface area (Å²) in [5, 5.41) is -0.225. The van der Waals surface area contributed by atoms with Crippen LogP contribution in [0, 0.1) is 0 Å². The van der Waals surface area contributed by atoms with Crippen LogP contribution in [0.2, 0.25) is 10.0 Å². The van der Waals surface area contributed by atoms with Crippen molar-refractivity contribution in [3.05, 3.63) is 27.7 Å². The minimum atomic E-state index is -4.50. The highest BCUT2D eigenvalue weighted by Crippen LogP contribution is 2.40. The molecule has 1 rings (SSSR count). The van der Waals surface area contributed by atoms with Crippen LogP contribution in [0.5, 0.6) is 0 Å². The Balaban J connectivity index is 3.30. The molecule has 0 aliphatic carbocycles. The molecule has 0 saturated carbocycles. The lowest BCUT2D eigenvalue weighted by Crippen LogP contribution is -2.06. The Bertz CT molecular complexity index is 437. The zero-order chi connectivity index (χ0) is 13.2. The van der Waals surface area contributed by atoms with Gasteiger partial charge in [-0.1, -0.05) is 35.0 Å². The first-order chi connectivity index (χ1) is 7.75. The summed E-state index contributed by atoms with van der Waals surface area (Å²) in [6.45, 7) is 0. The van der Waals surface area contributed by atoms with Crippen LogP contribution in [0.4, 0.5) is 18.9 Å². The van der Waals surface area contributed by atoms with Gasteiger partial charge in [0.05, 0.1) is 15.6 Å². The maximum Gasteiger partial charge on any atom is 0.416 e. The lowest BCUT2D eigenvalue weighted by molar-refractivity contribution is -0.137. The lowest BCUT2D eigenvalue weighted by Gasteiger charge is -2.10. The predicted molar refractivity (Wildman–Crippen MR) is 66.3 cm³/mol. The van der Waals surface area contributed by atoms with E-state index >= 15 is 0 Å². The van der Waals surface area contributed by atoms with E-state index < -0.39 is 11.7 Å². The van der Waals surface area contributed by atoms with Gasteiger partial charge in [0.1, 0.15) is 5.69 Å². The third-order valence-corrected chi connectivity index (χ3v) is 2.86. The number of benzene rings is 1. The molecule has 17 heavy (non-hydrogen) atoms. The second-order valence-electron chi connectivity index (χ2n) is 2.94. The van der Waals surface area contributed by atoms with E-state index in [1.807, 2.05) is 0 Å². The molecule has 1 aromatic rings. The van der Waals surface area contributed by atoms with Crippen LogP contribution in [-0.2, 0) is 6.18 Å². The monoisotopic (exact) mass is 302 g/mol. The van der Waals surface area contributed by atoms with Gasteiger partial charge in [0.25, 0.3) is 0 Å². The van der Waals surface area contributed by atoms with Crippen LogP contribution in [0.25, 0.3) is 0 Å². The minimum absolute atomic E-state index is 0.0354. The quantitative estimate of drug-likeness (QED) is 0.620. The van der Waals surface area contributed by atoms with Gasteiger partial charge < -0.3 is 5.73 Å². The summed E-state index contributed by atoms with van der Waals surface area (Å²) in [6.07, 6.45) is -2.83. The summed E-state index contributed by atoms with van der Waals surface area (Å²) >= 11 is 12.5. The van der Waals surface area contributed by atoms with Gasteiger partial charge in [-0.05, 0) is 18.4 Å². The molecular weight excluding hydrogens is 296 g/mol. The van der Waals surface area contributed by atoms with Crippen molar-refractivity contribution in [3.8, 4) is 0 Å². The molecule has 0 atom stereocenters. The van der Waals surface area contributed by atoms with E-state index in [0.717, 1.165) is 23.9 Å². The lowest BCUT2D eigenvalue weighted by atomic mass is 10.2. The molecule has 0 saturated heterocycles. The van der Waals surface area contributed by atoms with Gasteiger partial charge in [-0.25, -0.2) is 4.99 Å². The number of hydrogen-bond acceptors (Lipinski definition) is 2. The Hall–Kier alpha value is -0.590. The third kappa shape index (κ3) is 3.69. The molecule has 0 unspecified atom stereocenters. The second-order valence-corrected chi connectivity index (χ2v) is 4.58. The van der Waals surface area contributed by atoms with Crippen molar-refractivity contribution in [3.63, 3.8) is 0 Å². The smallest absolute Gasteiger partial charge is 0.378 e. The van der Waals surface area contributed by atoms with Crippen molar-refractivity contribution in [2.45, 2.75) is 6.18 Å². The van der Waals surface area contributed by atoms with Crippen LogP contribution >= 0.6 is 35.0 Å². The molecule has 94 valence electrons. The molecule has 0 amide bonds. The number of alkyl halides is 3. The third-order valence-electron chi connectivity index (χ3n) is 1.78. The fourth-order valence-corrected chi connectivity index (χ4v) is 1.75. The summed E-state index contributed by atoms with van der Waals surface area (Å²) < 4.78 is 37.3. The molecule has 0 bridgehead atoms. The van der Waals surface area contributed by atoms with E-state index in [0.29, 0.717) is 0 Å². The molecule has 0 heterocycles. The molecule has 2 N–H and O–H groups in total. The Morgan fingerprint density at radius 1 is 1.29 bits per heavy atom. The standard InChI is InChI=1S/C9H7Cl2F3N2S/c1-17-8(15)16-7-5(10)2-4(3-6(7)11)9(12,13)14/h2-3H,1H3,(H2,15,16). The van der Waals surface area contributed by atoms with E-state index in [1.54, 1.807) is 6.26 Å². The zero-order valence-electron chi connectivity index (χ0n) is 8.48. The van der Waals surface area contributed by atoms with E-state index in [-0.39, 0.29) is 20.9 Å². The molecule has 2 nitrogen and oxygen atoms in total. The van der Waals surface area contributed by atoms with Crippen LogP contribution < -0.4 is 5.73 Å². The second kappa shape index (κ2) is 5.37. The Morgan fingerprint density at radius 2 is 1.76 bits per heavy atom. The van der Waals surface area contributed by atoms with Gasteiger partial charge in [-0.2, -0.15) is 13.2 Å². The Morgan fingerprint density at radius 3 is 2.12 bits per heavy atom.